The first-order valence-corrected chi connectivity index (χ1v) is 6.81. The lowest BCUT2D eigenvalue weighted by molar-refractivity contribution is -0.123. The first-order valence-electron chi connectivity index (χ1n) is 6.81. The topological polar surface area (TPSA) is 49.3 Å². The summed E-state index contributed by atoms with van der Waals surface area (Å²) in [6, 6.07) is 7.05. The third-order valence-electron chi connectivity index (χ3n) is 4.34. The number of phenols is 1. The number of nitrogens with one attached hydrogen (secondary N) is 1. The number of rotatable bonds is 3. The number of fused-ring (bicyclic) bond motifs is 1. The highest BCUT2D eigenvalue weighted by Gasteiger charge is 2.54. The summed E-state index contributed by atoms with van der Waals surface area (Å²) in [5.74, 6) is 2.03. The second-order valence-corrected chi connectivity index (χ2v) is 5.53. The van der Waals surface area contributed by atoms with Gasteiger partial charge < -0.3 is 10.4 Å². The van der Waals surface area contributed by atoms with Gasteiger partial charge in [0.15, 0.2) is 0 Å². The quantitative estimate of drug-likeness (QED) is 0.859. The van der Waals surface area contributed by atoms with Crippen LogP contribution in [0.25, 0.3) is 0 Å². The Morgan fingerprint density at radius 3 is 2.67 bits per heavy atom. The summed E-state index contributed by atoms with van der Waals surface area (Å²) in [7, 11) is 0. The predicted molar refractivity (Wildman–Crippen MR) is 68.9 cm³/mol. The number of aromatic hydroxyl groups is 1. The molecule has 2 N–H and O–H groups in total. The molecule has 0 heterocycles. The molecule has 3 heteroatoms. The molecule has 0 spiro atoms. The lowest BCUT2D eigenvalue weighted by Crippen LogP contribution is -2.25. The zero-order valence-corrected chi connectivity index (χ0v) is 10.4. The van der Waals surface area contributed by atoms with Crippen molar-refractivity contribution in [3.05, 3.63) is 29.8 Å². The number of phenolic OH excluding ortho intramolecular Hbond substituents is 1. The van der Waals surface area contributed by atoms with Gasteiger partial charge in [-0.25, -0.2) is 0 Å². The smallest absolute Gasteiger partial charge is 0.223 e. The average Bonchev–Trinajstić information content (AvgIpc) is 3.10. The van der Waals surface area contributed by atoms with Crippen molar-refractivity contribution in [1.82, 2.24) is 5.32 Å². The van der Waals surface area contributed by atoms with Gasteiger partial charge in [-0.3, -0.25) is 4.79 Å². The SMILES string of the molecule is O=C(NCc1cccc(O)c1)C1C2CCCCC21. The maximum absolute atomic E-state index is 12.1. The molecular formula is C15H19NO2. The van der Waals surface area contributed by atoms with Crippen LogP contribution in [0.5, 0.6) is 5.75 Å². The van der Waals surface area contributed by atoms with Crippen molar-refractivity contribution in [1.29, 1.82) is 0 Å². The summed E-state index contributed by atoms with van der Waals surface area (Å²) in [4.78, 5) is 12.1. The van der Waals surface area contributed by atoms with Crippen molar-refractivity contribution in [3.8, 4) is 5.75 Å². The molecule has 1 aromatic carbocycles. The van der Waals surface area contributed by atoms with Gasteiger partial charge in [0.05, 0.1) is 0 Å². The van der Waals surface area contributed by atoms with Crippen molar-refractivity contribution in [2.75, 3.05) is 0 Å². The summed E-state index contributed by atoms with van der Waals surface area (Å²) in [6.07, 6.45) is 5.04. The molecule has 0 radical (unpaired) electrons. The molecule has 18 heavy (non-hydrogen) atoms. The van der Waals surface area contributed by atoms with Crippen molar-refractivity contribution in [2.24, 2.45) is 17.8 Å². The standard InChI is InChI=1S/C15H19NO2/c17-11-5-3-4-10(8-11)9-16-15(18)14-12-6-1-2-7-13(12)14/h3-5,8,12-14,17H,1-2,6-7,9H2,(H,16,18). The highest BCUT2D eigenvalue weighted by molar-refractivity contribution is 5.82. The molecule has 0 bridgehead atoms. The van der Waals surface area contributed by atoms with E-state index in [-0.39, 0.29) is 17.6 Å². The van der Waals surface area contributed by atoms with E-state index in [1.165, 1.54) is 25.7 Å². The van der Waals surface area contributed by atoms with Crippen LogP contribution in [0.2, 0.25) is 0 Å². The highest BCUT2D eigenvalue weighted by atomic mass is 16.3. The van der Waals surface area contributed by atoms with Crippen LogP contribution >= 0.6 is 0 Å². The van der Waals surface area contributed by atoms with Crippen LogP contribution in [0.15, 0.2) is 24.3 Å². The second kappa shape index (κ2) is 4.63. The lowest BCUT2D eigenvalue weighted by atomic mass is 10.0. The molecule has 1 amide bonds. The molecule has 3 nitrogen and oxygen atoms in total. The fraction of sp³-hybridized carbons (Fsp3) is 0.533. The molecule has 0 saturated heterocycles. The average molecular weight is 245 g/mol. The molecule has 0 aliphatic heterocycles. The first kappa shape index (κ1) is 11.6. The molecule has 0 aromatic heterocycles. The zero-order valence-electron chi connectivity index (χ0n) is 10.4. The van der Waals surface area contributed by atoms with E-state index in [4.69, 9.17) is 0 Å². The van der Waals surface area contributed by atoms with Gasteiger partial charge in [0.25, 0.3) is 0 Å². The minimum atomic E-state index is 0.204. The summed E-state index contributed by atoms with van der Waals surface area (Å²) in [5, 5.41) is 12.4. The zero-order chi connectivity index (χ0) is 12.5. The van der Waals surface area contributed by atoms with Gasteiger partial charge in [0.1, 0.15) is 5.75 Å². The fourth-order valence-corrected chi connectivity index (χ4v) is 3.35. The van der Waals surface area contributed by atoms with E-state index in [0.29, 0.717) is 18.4 Å². The molecule has 2 saturated carbocycles. The number of carbonyl (C=O) groups excluding carboxylic acids is 1. The summed E-state index contributed by atoms with van der Waals surface area (Å²) >= 11 is 0. The summed E-state index contributed by atoms with van der Waals surface area (Å²) < 4.78 is 0. The maximum atomic E-state index is 12.1. The largest absolute Gasteiger partial charge is 0.508 e. The Hall–Kier alpha value is -1.51. The fourth-order valence-electron chi connectivity index (χ4n) is 3.35. The highest BCUT2D eigenvalue weighted by Crippen LogP contribution is 2.55. The molecule has 2 atom stereocenters. The van der Waals surface area contributed by atoms with Crippen LogP contribution < -0.4 is 5.32 Å². The normalized spacial score (nSPS) is 29.4. The Kier molecular flexibility index (Phi) is 2.98. The molecule has 2 fully saturated rings. The lowest BCUT2D eigenvalue weighted by Gasteiger charge is -2.05. The maximum Gasteiger partial charge on any atom is 0.223 e. The molecule has 3 rings (SSSR count). The van der Waals surface area contributed by atoms with Gasteiger partial charge >= 0.3 is 0 Å². The van der Waals surface area contributed by atoms with Crippen LogP contribution in [0, 0.1) is 17.8 Å². The van der Waals surface area contributed by atoms with Crippen LogP contribution in [0.4, 0.5) is 0 Å². The van der Waals surface area contributed by atoms with Crippen LogP contribution in [-0.4, -0.2) is 11.0 Å². The second-order valence-electron chi connectivity index (χ2n) is 5.53. The van der Waals surface area contributed by atoms with Crippen LogP contribution in [-0.2, 0) is 11.3 Å². The third kappa shape index (κ3) is 2.22. The van der Waals surface area contributed by atoms with E-state index >= 15 is 0 Å². The molecule has 96 valence electrons. The summed E-state index contributed by atoms with van der Waals surface area (Å²) in [6.45, 7) is 0.517. The van der Waals surface area contributed by atoms with Gasteiger partial charge in [-0.15, -0.1) is 0 Å². The van der Waals surface area contributed by atoms with Crippen LogP contribution in [0.3, 0.4) is 0 Å². The monoisotopic (exact) mass is 245 g/mol. The third-order valence-corrected chi connectivity index (χ3v) is 4.34. The van der Waals surface area contributed by atoms with Crippen molar-refractivity contribution in [3.63, 3.8) is 0 Å². The number of hydrogen-bond donors (Lipinski definition) is 2. The molecule has 2 aliphatic carbocycles. The van der Waals surface area contributed by atoms with Crippen molar-refractivity contribution in [2.45, 2.75) is 32.2 Å². The van der Waals surface area contributed by atoms with E-state index in [1.807, 2.05) is 6.07 Å². The number of carbonyl (C=O) groups is 1. The van der Waals surface area contributed by atoms with E-state index in [2.05, 4.69) is 5.32 Å². The Morgan fingerprint density at radius 2 is 2.00 bits per heavy atom. The minimum Gasteiger partial charge on any atom is -0.508 e. The number of hydrogen-bond acceptors (Lipinski definition) is 2. The molecule has 2 aliphatic rings. The Balaban J connectivity index is 1.53. The van der Waals surface area contributed by atoms with Gasteiger partial charge in [0, 0.05) is 12.5 Å². The number of benzene rings is 1. The minimum absolute atomic E-state index is 0.204. The van der Waals surface area contributed by atoms with Gasteiger partial charge in [-0.2, -0.15) is 0 Å². The Bertz CT molecular complexity index is 446. The van der Waals surface area contributed by atoms with Crippen LogP contribution in [0.1, 0.15) is 31.2 Å². The van der Waals surface area contributed by atoms with Gasteiger partial charge in [-0.05, 0) is 42.4 Å². The van der Waals surface area contributed by atoms with Crippen molar-refractivity contribution >= 4 is 5.91 Å². The van der Waals surface area contributed by atoms with E-state index in [1.54, 1.807) is 18.2 Å². The van der Waals surface area contributed by atoms with E-state index in [9.17, 15) is 9.90 Å². The Morgan fingerprint density at radius 1 is 1.28 bits per heavy atom. The summed E-state index contributed by atoms with van der Waals surface area (Å²) in [5.41, 5.74) is 0.951. The molecular weight excluding hydrogens is 226 g/mol. The molecule has 1 aromatic rings. The van der Waals surface area contributed by atoms with E-state index in [0.717, 1.165) is 5.56 Å². The van der Waals surface area contributed by atoms with Crippen molar-refractivity contribution < 1.29 is 9.90 Å². The van der Waals surface area contributed by atoms with Gasteiger partial charge in [-0.1, -0.05) is 25.0 Å². The molecule has 2 unspecified atom stereocenters. The number of amides is 1. The van der Waals surface area contributed by atoms with Gasteiger partial charge in [0.2, 0.25) is 5.91 Å². The predicted octanol–water partition coefficient (Wildman–Crippen LogP) is 2.44. The van der Waals surface area contributed by atoms with E-state index < -0.39 is 0 Å². The Labute approximate surface area is 107 Å². The first-order chi connectivity index (χ1) is 8.75.